The largest absolute Gasteiger partial charge is 0.0616 e. The number of fused-ring (bicyclic) bond motifs is 1. The van der Waals surface area contributed by atoms with Crippen LogP contribution in [0.4, 0.5) is 0 Å². The summed E-state index contributed by atoms with van der Waals surface area (Å²) < 4.78 is 0. The first-order valence-corrected chi connectivity index (χ1v) is 7.80. The monoisotopic (exact) mass is 286 g/mol. The zero-order chi connectivity index (χ0) is 15.6. The Morgan fingerprint density at radius 1 is 0.682 bits per heavy atom. The van der Waals surface area contributed by atoms with Crippen LogP contribution in [0.5, 0.6) is 0 Å². The molecule has 0 heteroatoms. The summed E-state index contributed by atoms with van der Waals surface area (Å²) in [5.74, 6) is 0. The highest BCUT2D eigenvalue weighted by Gasteiger charge is 2.12. The van der Waals surface area contributed by atoms with Crippen molar-refractivity contribution in [1.82, 2.24) is 0 Å². The summed E-state index contributed by atoms with van der Waals surface area (Å²) in [7, 11) is 0. The second kappa shape index (κ2) is 5.81. The SMILES string of the molecule is CC(C)(C)c1ccc(C=Cc2cccc3ccccc23)cc1. The Morgan fingerprint density at radius 3 is 2.09 bits per heavy atom. The van der Waals surface area contributed by atoms with Crippen molar-refractivity contribution < 1.29 is 0 Å². The molecule has 0 unspecified atom stereocenters. The molecule has 110 valence electrons. The van der Waals surface area contributed by atoms with E-state index in [1.807, 2.05) is 0 Å². The zero-order valence-corrected chi connectivity index (χ0v) is 13.5. The van der Waals surface area contributed by atoms with Gasteiger partial charge in [-0.1, -0.05) is 99.7 Å². The van der Waals surface area contributed by atoms with Crippen molar-refractivity contribution in [2.24, 2.45) is 0 Å². The van der Waals surface area contributed by atoms with Gasteiger partial charge in [0.15, 0.2) is 0 Å². The van der Waals surface area contributed by atoms with E-state index in [1.54, 1.807) is 0 Å². The van der Waals surface area contributed by atoms with E-state index in [4.69, 9.17) is 0 Å². The van der Waals surface area contributed by atoms with E-state index in [2.05, 4.69) is 99.7 Å². The van der Waals surface area contributed by atoms with Crippen LogP contribution in [0.2, 0.25) is 0 Å². The van der Waals surface area contributed by atoms with Crippen molar-refractivity contribution in [1.29, 1.82) is 0 Å². The summed E-state index contributed by atoms with van der Waals surface area (Å²) in [6.07, 6.45) is 4.39. The normalized spacial score (nSPS) is 12.1. The number of benzene rings is 3. The standard InChI is InChI=1S/C22H22/c1-22(2,3)20-15-12-17(13-16-20)11-14-19-9-6-8-18-7-4-5-10-21(18)19/h4-16H,1-3H3. The Kier molecular flexibility index (Phi) is 3.85. The van der Waals surface area contributed by atoms with Gasteiger partial charge in [-0.15, -0.1) is 0 Å². The van der Waals surface area contributed by atoms with Crippen molar-refractivity contribution >= 4 is 22.9 Å². The molecule has 0 spiro atoms. The average molecular weight is 286 g/mol. The average Bonchev–Trinajstić information content (AvgIpc) is 2.52. The van der Waals surface area contributed by atoms with Crippen molar-refractivity contribution in [3.63, 3.8) is 0 Å². The Bertz CT molecular complexity index is 794. The van der Waals surface area contributed by atoms with Crippen molar-refractivity contribution in [3.05, 3.63) is 83.4 Å². The van der Waals surface area contributed by atoms with Crippen LogP contribution in [0, 0.1) is 0 Å². The molecule has 0 amide bonds. The van der Waals surface area contributed by atoms with Gasteiger partial charge in [-0.05, 0) is 32.9 Å². The molecular formula is C22H22. The molecule has 0 atom stereocenters. The number of hydrogen-bond donors (Lipinski definition) is 0. The molecular weight excluding hydrogens is 264 g/mol. The van der Waals surface area contributed by atoms with E-state index in [0.717, 1.165) is 0 Å². The van der Waals surface area contributed by atoms with Gasteiger partial charge in [-0.25, -0.2) is 0 Å². The first-order valence-electron chi connectivity index (χ1n) is 7.80. The summed E-state index contributed by atoms with van der Waals surface area (Å²) in [5.41, 5.74) is 4.08. The molecule has 3 rings (SSSR count). The molecule has 0 aromatic heterocycles. The molecule has 0 saturated heterocycles. The van der Waals surface area contributed by atoms with Gasteiger partial charge < -0.3 is 0 Å². The van der Waals surface area contributed by atoms with Crippen molar-refractivity contribution in [3.8, 4) is 0 Å². The minimum Gasteiger partial charge on any atom is -0.0616 e. The molecule has 0 aliphatic heterocycles. The Labute approximate surface area is 133 Å². The predicted octanol–water partition coefficient (Wildman–Crippen LogP) is 6.31. The maximum absolute atomic E-state index is 2.24. The van der Waals surface area contributed by atoms with E-state index >= 15 is 0 Å². The topological polar surface area (TPSA) is 0 Å². The van der Waals surface area contributed by atoms with Gasteiger partial charge >= 0.3 is 0 Å². The van der Waals surface area contributed by atoms with Gasteiger partial charge in [0.2, 0.25) is 0 Å². The lowest BCUT2D eigenvalue weighted by molar-refractivity contribution is 0.590. The van der Waals surface area contributed by atoms with Crippen LogP contribution >= 0.6 is 0 Å². The molecule has 0 saturated carbocycles. The second-order valence-electron chi connectivity index (χ2n) is 6.77. The summed E-state index contributed by atoms with van der Waals surface area (Å²) in [6.45, 7) is 6.73. The summed E-state index contributed by atoms with van der Waals surface area (Å²) in [6, 6.07) is 23.8. The van der Waals surface area contributed by atoms with Crippen LogP contribution in [-0.4, -0.2) is 0 Å². The fourth-order valence-electron chi connectivity index (χ4n) is 2.68. The van der Waals surface area contributed by atoms with Gasteiger partial charge in [0.05, 0.1) is 0 Å². The van der Waals surface area contributed by atoms with Crippen LogP contribution in [0.1, 0.15) is 37.5 Å². The predicted molar refractivity (Wildman–Crippen MR) is 98.0 cm³/mol. The molecule has 22 heavy (non-hydrogen) atoms. The van der Waals surface area contributed by atoms with Crippen LogP contribution in [0.25, 0.3) is 22.9 Å². The maximum atomic E-state index is 2.24. The number of rotatable bonds is 2. The molecule has 0 aliphatic carbocycles. The minimum atomic E-state index is 0.206. The van der Waals surface area contributed by atoms with E-state index in [0.29, 0.717) is 0 Å². The molecule has 0 N–H and O–H groups in total. The van der Waals surface area contributed by atoms with Gasteiger partial charge in [0, 0.05) is 0 Å². The van der Waals surface area contributed by atoms with Crippen LogP contribution in [0.3, 0.4) is 0 Å². The molecule has 0 radical (unpaired) electrons. The van der Waals surface area contributed by atoms with Crippen molar-refractivity contribution in [2.45, 2.75) is 26.2 Å². The lowest BCUT2D eigenvalue weighted by Crippen LogP contribution is -2.10. The molecule has 0 aliphatic rings. The van der Waals surface area contributed by atoms with Gasteiger partial charge in [0.1, 0.15) is 0 Å². The molecule has 0 nitrogen and oxygen atoms in total. The Hall–Kier alpha value is -2.34. The summed E-state index contributed by atoms with van der Waals surface area (Å²) in [5, 5.41) is 2.58. The van der Waals surface area contributed by atoms with Gasteiger partial charge in [0.25, 0.3) is 0 Å². The molecule has 3 aromatic carbocycles. The smallest absolute Gasteiger partial charge is 0.0111 e. The third-order valence-electron chi connectivity index (χ3n) is 4.06. The third kappa shape index (κ3) is 3.12. The minimum absolute atomic E-state index is 0.206. The lowest BCUT2D eigenvalue weighted by atomic mass is 9.87. The quantitative estimate of drug-likeness (QED) is 0.484. The molecule has 0 fully saturated rings. The first kappa shape index (κ1) is 14.6. The highest BCUT2D eigenvalue weighted by Crippen LogP contribution is 2.24. The third-order valence-corrected chi connectivity index (χ3v) is 4.06. The lowest BCUT2D eigenvalue weighted by Gasteiger charge is -2.18. The van der Waals surface area contributed by atoms with Gasteiger partial charge in [-0.3, -0.25) is 0 Å². The number of hydrogen-bond acceptors (Lipinski definition) is 0. The van der Waals surface area contributed by atoms with Crippen LogP contribution in [-0.2, 0) is 5.41 Å². The highest BCUT2D eigenvalue weighted by atomic mass is 14.2. The summed E-state index contributed by atoms with van der Waals surface area (Å²) >= 11 is 0. The van der Waals surface area contributed by atoms with E-state index in [9.17, 15) is 0 Å². The maximum Gasteiger partial charge on any atom is -0.0111 e. The van der Waals surface area contributed by atoms with E-state index in [1.165, 1.54) is 27.5 Å². The second-order valence-corrected chi connectivity index (χ2v) is 6.77. The Morgan fingerprint density at radius 2 is 1.36 bits per heavy atom. The summed E-state index contributed by atoms with van der Waals surface area (Å²) in [4.78, 5) is 0. The van der Waals surface area contributed by atoms with E-state index < -0.39 is 0 Å². The molecule has 0 heterocycles. The fourth-order valence-corrected chi connectivity index (χ4v) is 2.68. The van der Waals surface area contributed by atoms with Gasteiger partial charge in [-0.2, -0.15) is 0 Å². The zero-order valence-electron chi connectivity index (χ0n) is 13.5. The highest BCUT2D eigenvalue weighted by molar-refractivity contribution is 5.92. The first-order chi connectivity index (χ1) is 10.5. The van der Waals surface area contributed by atoms with Crippen LogP contribution in [0.15, 0.2) is 66.7 Å². The fraction of sp³-hybridized carbons (Fsp3) is 0.182. The van der Waals surface area contributed by atoms with Crippen LogP contribution < -0.4 is 0 Å². The molecule has 3 aromatic rings. The van der Waals surface area contributed by atoms with E-state index in [-0.39, 0.29) is 5.41 Å². The van der Waals surface area contributed by atoms with Crippen molar-refractivity contribution in [2.75, 3.05) is 0 Å². The molecule has 0 bridgehead atoms. The Balaban J connectivity index is 1.90.